The third-order valence-corrected chi connectivity index (χ3v) is 8.14. The highest BCUT2D eigenvalue weighted by Gasteiger charge is 2.31. The third-order valence-electron chi connectivity index (χ3n) is 6.71. The lowest BCUT2D eigenvalue weighted by molar-refractivity contribution is -0.141. The van der Waals surface area contributed by atoms with E-state index in [0.717, 1.165) is 23.8 Å². The van der Waals surface area contributed by atoms with E-state index in [9.17, 15) is 18.0 Å². The second-order valence-electron chi connectivity index (χ2n) is 9.95. The first-order valence-electron chi connectivity index (χ1n) is 13.5. The number of hydrogen-bond acceptors (Lipinski definition) is 4. The van der Waals surface area contributed by atoms with Crippen LogP contribution in [0.1, 0.15) is 44.2 Å². The van der Waals surface area contributed by atoms with Gasteiger partial charge < -0.3 is 10.2 Å². The largest absolute Gasteiger partial charge is 0.352 e. The van der Waals surface area contributed by atoms with Gasteiger partial charge in [-0.25, -0.2) is 8.42 Å². The van der Waals surface area contributed by atoms with Gasteiger partial charge in [-0.3, -0.25) is 13.9 Å². The number of amides is 2. The molecule has 0 bridgehead atoms. The van der Waals surface area contributed by atoms with Gasteiger partial charge in [0.2, 0.25) is 21.8 Å². The van der Waals surface area contributed by atoms with Crippen LogP contribution in [0.25, 0.3) is 0 Å². The molecular formula is C31H38ClN3O4S. The molecule has 0 aliphatic carbocycles. The van der Waals surface area contributed by atoms with Crippen molar-refractivity contribution in [1.82, 2.24) is 10.2 Å². The number of benzene rings is 3. The highest BCUT2D eigenvalue weighted by atomic mass is 35.5. The quantitative estimate of drug-likeness (QED) is 0.274. The lowest BCUT2D eigenvalue weighted by Gasteiger charge is -2.32. The Morgan fingerprint density at radius 1 is 0.925 bits per heavy atom. The molecule has 3 aromatic rings. The third kappa shape index (κ3) is 9.38. The van der Waals surface area contributed by atoms with Crippen molar-refractivity contribution in [2.75, 3.05) is 17.1 Å². The molecule has 2 amide bonds. The fourth-order valence-corrected chi connectivity index (χ4v) is 5.60. The van der Waals surface area contributed by atoms with Gasteiger partial charge in [0.05, 0.1) is 11.9 Å². The van der Waals surface area contributed by atoms with Gasteiger partial charge in [-0.05, 0) is 55.2 Å². The van der Waals surface area contributed by atoms with Gasteiger partial charge in [0.15, 0.2) is 0 Å². The average molecular weight is 584 g/mol. The highest BCUT2D eigenvalue weighted by molar-refractivity contribution is 7.92. The van der Waals surface area contributed by atoms with Gasteiger partial charge >= 0.3 is 0 Å². The topological polar surface area (TPSA) is 86.8 Å². The van der Waals surface area contributed by atoms with Crippen LogP contribution in [0.5, 0.6) is 0 Å². The molecule has 0 fully saturated rings. The molecule has 7 nitrogen and oxygen atoms in total. The molecule has 0 saturated heterocycles. The van der Waals surface area contributed by atoms with Crippen LogP contribution < -0.4 is 9.62 Å². The Labute approximate surface area is 243 Å². The molecule has 3 aromatic carbocycles. The monoisotopic (exact) mass is 583 g/mol. The predicted octanol–water partition coefficient (Wildman–Crippen LogP) is 5.44. The van der Waals surface area contributed by atoms with Gasteiger partial charge in [-0.2, -0.15) is 0 Å². The second kappa shape index (κ2) is 14.9. The van der Waals surface area contributed by atoms with E-state index >= 15 is 0 Å². The maximum absolute atomic E-state index is 13.8. The Balaban J connectivity index is 1.88. The summed E-state index contributed by atoms with van der Waals surface area (Å²) in [5, 5.41) is 3.59. The summed E-state index contributed by atoms with van der Waals surface area (Å²) in [4.78, 5) is 29.0. The number of nitrogens with zero attached hydrogens (tertiary/aromatic N) is 2. The molecule has 0 spiro atoms. The fraction of sp³-hybridized carbons (Fsp3) is 0.355. The van der Waals surface area contributed by atoms with E-state index in [1.807, 2.05) is 62.4 Å². The molecule has 0 aliphatic rings. The van der Waals surface area contributed by atoms with Gasteiger partial charge in [-0.1, -0.05) is 79.2 Å². The summed E-state index contributed by atoms with van der Waals surface area (Å²) in [6.07, 6.45) is 2.61. The molecule has 0 aliphatic heterocycles. The van der Waals surface area contributed by atoms with E-state index in [0.29, 0.717) is 17.1 Å². The van der Waals surface area contributed by atoms with Crippen molar-refractivity contribution >= 4 is 39.1 Å². The van der Waals surface area contributed by atoms with Crippen molar-refractivity contribution in [1.29, 1.82) is 0 Å². The Kier molecular flexibility index (Phi) is 11.6. The van der Waals surface area contributed by atoms with Gasteiger partial charge in [0, 0.05) is 37.0 Å². The summed E-state index contributed by atoms with van der Waals surface area (Å²) in [5.74, 6) is -0.461. The number of nitrogens with one attached hydrogen (secondary N) is 1. The smallest absolute Gasteiger partial charge is 0.243 e. The van der Waals surface area contributed by atoms with Crippen LogP contribution in [-0.4, -0.2) is 50.0 Å². The highest BCUT2D eigenvalue weighted by Crippen LogP contribution is 2.21. The van der Waals surface area contributed by atoms with E-state index < -0.39 is 16.1 Å². The zero-order chi connectivity index (χ0) is 29.1. The summed E-state index contributed by atoms with van der Waals surface area (Å²) >= 11 is 6.24. The first kappa shape index (κ1) is 31.2. The number of anilines is 1. The molecule has 9 heteroatoms. The van der Waals surface area contributed by atoms with Crippen LogP contribution in [0.3, 0.4) is 0 Å². The van der Waals surface area contributed by atoms with E-state index in [4.69, 9.17) is 11.6 Å². The minimum Gasteiger partial charge on any atom is -0.352 e. The zero-order valence-corrected chi connectivity index (χ0v) is 24.9. The normalized spacial score (nSPS) is 12.8. The van der Waals surface area contributed by atoms with Gasteiger partial charge in [0.1, 0.15) is 6.04 Å². The Morgan fingerprint density at radius 2 is 1.55 bits per heavy atom. The Hall–Kier alpha value is -3.36. The number of sulfonamides is 1. The maximum Gasteiger partial charge on any atom is 0.243 e. The molecule has 1 N–H and O–H groups in total. The predicted molar refractivity (Wildman–Crippen MR) is 162 cm³/mol. The number of hydrogen-bond donors (Lipinski definition) is 1. The lowest BCUT2D eigenvalue weighted by atomic mass is 10.0. The summed E-state index contributed by atoms with van der Waals surface area (Å²) in [6.45, 7) is 4.26. The number of rotatable bonds is 14. The van der Waals surface area contributed by atoms with E-state index in [1.165, 1.54) is 4.31 Å². The van der Waals surface area contributed by atoms with Crippen LogP contribution in [-0.2, 0) is 32.6 Å². The zero-order valence-electron chi connectivity index (χ0n) is 23.3. The van der Waals surface area contributed by atoms with Crippen LogP contribution in [0.4, 0.5) is 5.69 Å². The van der Waals surface area contributed by atoms with Crippen LogP contribution in [0.2, 0.25) is 5.02 Å². The van der Waals surface area contributed by atoms with Gasteiger partial charge in [-0.15, -0.1) is 0 Å². The Bertz CT molecular complexity index is 1350. The van der Waals surface area contributed by atoms with Crippen molar-refractivity contribution in [2.45, 2.75) is 58.2 Å². The SMILES string of the molecule is CC[C@@H](C)NC(=O)[C@H](Cc1ccccc1)N(Cc1cccc(Cl)c1)C(=O)CCCN(c1ccccc1)S(C)(=O)=O. The molecular weight excluding hydrogens is 546 g/mol. The Morgan fingerprint density at radius 3 is 2.15 bits per heavy atom. The molecule has 40 heavy (non-hydrogen) atoms. The molecule has 2 atom stereocenters. The first-order chi connectivity index (χ1) is 19.1. The summed E-state index contributed by atoms with van der Waals surface area (Å²) in [7, 11) is -3.55. The van der Waals surface area contributed by atoms with Crippen molar-refractivity contribution in [3.05, 3.63) is 101 Å². The first-order valence-corrected chi connectivity index (χ1v) is 15.7. The van der Waals surface area contributed by atoms with Crippen molar-refractivity contribution in [2.24, 2.45) is 0 Å². The van der Waals surface area contributed by atoms with Crippen molar-refractivity contribution in [3.8, 4) is 0 Å². The standard InChI is InChI=1S/C31H38ClN3O4S/c1-4-24(2)33-31(37)29(22-25-13-7-5-8-14-25)34(23-26-15-11-16-27(32)21-26)30(36)19-12-20-35(40(3,38)39)28-17-9-6-10-18-28/h5-11,13-18,21,24,29H,4,12,19-20,22-23H2,1-3H3,(H,33,37)/t24-,29+/m1/s1. The molecule has 0 radical (unpaired) electrons. The molecule has 0 heterocycles. The summed E-state index contributed by atoms with van der Waals surface area (Å²) in [6, 6.07) is 24.8. The lowest BCUT2D eigenvalue weighted by Crippen LogP contribution is -2.52. The maximum atomic E-state index is 13.8. The van der Waals surface area contributed by atoms with Gasteiger partial charge in [0.25, 0.3) is 0 Å². The fourth-order valence-electron chi connectivity index (χ4n) is 4.43. The second-order valence-corrected chi connectivity index (χ2v) is 12.3. The number of halogens is 1. The average Bonchev–Trinajstić information content (AvgIpc) is 2.93. The van der Waals surface area contributed by atoms with E-state index in [2.05, 4.69) is 5.32 Å². The minimum atomic E-state index is -3.55. The van der Waals surface area contributed by atoms with E-state index in [1.54, 1.807) is 41.3 Å². The molecule has 0 saturated carbocycles. The van der Waals surface area contributed by atoms with Crippen molar-refractivity contribution < 1.29 is 18.0 Å². The summed E-state index contributed by atoms with van der Waals surface area (Å²) in [5.41, 5.74) is 2.28. The van der Waals surface area contributed by atoms with Crippen molar-refractivity contribution in [3.63, 3.8) is 0 Å². The van der Waals surface area contributed by atoms with Crippen LogP contribution >= 0.6 is 11.6 Å². The molecule has 0 aromatic heterocycles. The number of para-hydroxylation sites is 1. The summed E-state index contributed by atoms with van der Waals surface area (Å²) < 4.78 is 26.3. The molecule has 3 rings (SSSR count). The van der Waals surface area contributed by atoms with Crippen LogP contribution in [0, 0.1) is 0 Å². The number of carbonyl (C=O) groups is 2. The molecule has 0 unspecified atom stereocenters. The van der Waals surface area contributed by atoms with E-state index in [-0.39, 0.29) is 43.8 Å². The minimum absolute atomic E-state index is 0.0527. The number of carbonyl (C=O) groups excluding carboxylic acids is 2. The molecule has 214 valence electrons. The van der Waals surface area contributed by atoms with Crippen LogP contribution in [0.15, 0.2) is 84.9 Å².